The van der Waals surface area contributed by atoms with Crippen LogP contribution in [0.3, 0.4) is 0 Å². The number of rotatable bonds is 5. The molecule has 0 aliphatic rings. The van der Waals surface area contributed by atoms with E-state index in [9.17, 15) is 9.18 Å². The molecule has 0 unspecified atom stereocenters. The van der Waals surface area contributed by atoms with Gasteiger partial charge in [0.05, 0.1) is 12.2 Å². The average Bonchev–Trinajstić information content (AvgIpc) is 2.41. The SMILES string of the molecule is CCOc1ccccc1Oc1cccc(F)c1C(C)=O. The molecule has 0 saturated carbocycles. The zero-order chi connectivity index (χ0) is 14.5. The quantitative estimate of drug-likeness (QED) is 0.766. The summed E-state index contributed by atoms with van der Waals surface area (Å²) in [5, 5.41) is 0. The molecule has 0 spiro atoms. The number of halogens is 1. The second-order valence-electron chi connectivity index (χ2n) is 4.15. The van der Waals surface area contributed by atoms with Crippen LogP contribution >= 0.6 is 0 Å². The lowest BCUT2D eigenvalue weighted by atomic mass is 10.1. The number of Topliss-reactive ketones (excluding diaryl/α,β-unsaturated/α-hetero) is 1. The average molecular weight is 274 g/mol. The van der Waals surface area contributed by atoms with Crippen LogP contribution in [-0.2, 0) is 0 Å². The Labute approximate surface area is 117 Å². The summed E-state index contributed by atoms with van der Waals surface area (Å²) in [6, 6.07) is 11.4. The highest BCUT2D eigenvalue weighted by Gasteiger charge is 2.16. The van der Waals surface area contributed by atoms with Crippen LogP contribution in [-0.4, -0.2) is 12.4 Å². The van der Waals surface area contributed by atoms with E-state index in [1.165, 1.54) is 19.1 Å². The molecule has 0 heterocycles. The van der Waals surface area contributed by atoms with Gasteiger partial charge in [0.15, 0.2) is 17.3 Å². The van der Waals surface area contributed by atoms with E-state index in [1.54, 1.807) is 24.3 Å². The van der Waals surface area contributed by atoms with Gasteiger partial charge < -0.3 is 9.47 Å². The first-order valence-electron chi connectivity index (χ1n) is 6.32. The molecule has 0 radical (unpaired) electrons. The van der Waals surface area contributed by atoms with Gasteiger partial charge in [0, 0.05) is 0 Å². The molecule has 0 bridgehead atoms. The van der Waals surface area contributed by atoms with E-state index in [4.69, 9.17) is 9.47 Å². The smallest absolute Gasteiger partial charge is 0.169 e. The molecule has 0 fully saturated rings. The van der Waals surface area contributed by atoms with Crippen molar-refractivity contribution in [2.75, 3.05) is 6.61 Å². The third kappa shape index (κ3) is 2.96. The summed E-state index contributed by atoms with van der Waals surface area (Å²) in [7, 11) is 0. The van der Waals surface area contributed by atoms with Gasteiger partial charge in [0.1, 0.15) is 11.6 Å². The van der Waals surface area contributed by atoms with Crippen LogP contribution in [0.4, 0.5) is 4.39 Å². The lowest BCUT2D eigenvalue weighted by Gasteiger charge is -2.13. The molecular formula is C16H15FO3. The first kappa shape index (κ1) is 14.1. The Balaban J connectivity index is 2.40. The third-order valence-electron chi connectivity index (χ3n) is 2.70. The van der Waals surface area contributed by atoms with Gasteiger partial charge in [0.25, 0.3) is 0 Å². The van der Waals surface area contributed by atoms with Crippen molar-refractivity contribution >= 4 is 5.78 Å². The first-order chi connectivity index (χ1) is 9.63. The van der Waals surface area contributed by atoms with Gasteiger partial charge >= 0.3 is 0 Å². The lowest BCUT2D eigenvalue weighted by molar-refractivity contribution is 0.101. The van der Waals surface area contributed by atoms with Crippen molar-refractivity contribution in [1.82, 2.24) is 0 Å². The Hall–Kier alpha value is -2.36. The molecule has 104 valence electrons. The first-order valence-corrected chi connectivity index (χ1v) is 6.32. The fraction of sp³-hybridized carbons (Fsp3) is 0.188. The molecule has 0 atom stereocenters. The largest absolute Gasteiger partial charge is 0.490 e. The van der Waals surface area contributed by atoms with Gasteiger partial charge in [0.2, 0.25) is 0 Å². The summed E-state index contributed by atoms with van der Waals surface area (Å²) in [4.78, 5) is 11.5. The number of carbonyl (C=O) groups excluding carboxylic acids is 1. The molecule has 0 N–H and O–H groups in total. The van der Waals surface area contributed by atoms with E-state index >= 15 is 0 Å². The van der Waals surface area contributed by atoms with E-state index in [2.05, 4.69) is 0 Å². The van der Waals surface area contributed by atoms with Crippen molar-refractivity contribution in [3.8, 4) is 17.2 Å². The molecule has 0 aromatic heterocycles. The minimum Gasteiger partial charge on any atom is -0.490 e. The standard InChI is InChI=1S/C16H15FO3/c1-3-19-13-8-4-5-9-14(13)20-15-10-6-7-12(17)16(15)11(2)18/h4-10H,3H2,1-2H3. The van der Waals surface area contributed by atoms with Crippen molar-refractivity contribution < 1.29 is 18.7 Å². The topological polar surface area (TPSA) is 35.5 Å². The summed E-state index contributed by atoms with van der Waals surface area (Å²) in [5.74, 6) is 0.205. The summed E-state index contributed by atoms with van der Waals surface area (Å²) >= 11 is 0. The zero-order valence-electron chi connectivity index (χ0n) is 11.4. The number of carbonyl (C=O) groups is 1. The number of hydrogen-bond acceptors (Lipinski definition) is 3. The van der Waals surface area contributed by atoms with Crippen LogP contribution in [0.5, 0.6) is 17.2 Å². The molecule has 2 aromatic carbocycles. The fourth-order valence-corrected chi connectivity index (χ4v) is 1.86. The van der Waals surface area contributed by atoms with Crippen LogP contribution in [0.15, 0.2) is 42.5 Å². The second kappa shape index (κ2) is 6.19. The third-order valence-corrected chi connectivity index (χ3v) is 2.70. The Bertz CT molecular complexity index is 623. The molecule has 2 rings (SSSR count). The normalized spacial score (nSPS) is 10.2. The molecule has 20 heavy (non-hydrogen) atoms. The van der Waals surface area contributed by atoms with Crippen LogP contribution < -0.4 is 9.47 Å². The number of hydrogen-bond donors (Lipinski definition) is 0. The minimum atomic E-state index is -0.594. The molecule has 0 amide bonds. The highest BCUT2D eigenvalue weighted by atomic mass is 19.1. The van der Waals surface area contributed by atoms with Crippen LogP contribution in [0.2, 0.25) is 0 Å². The van der Waals surface area contributed by atoms with E-state index in [1.807, 2.05) is 13.0 Å². The maximum absolute atomic E-state index is 13.7. The molecule has 2 aromatic rings. The van der Waals surface area contributed by atoms with E-state index in [0.717, 1.165) is 0 Å². The zero-order valence-corrected chi connectivity index (χ0v) is 11.4. The summed E-state index contributed by atoms with van der Waals surface area (Å²) < 4.78 is 24.8. The van der Waals surface area contributed by atoms with Crippen molar-refractivity contribution in [3.05, 3.63) is 53.8 Å². The van der Waals surface area contributed by atoms with Crippen molar-refractivity contribution in [2.45, 2.75) is 13.8 Å². The Kier molecular flexibility index (Phi) is 4.35. The highest BCUT2D eigenvalue weighted by Crippen LogP contribution is 2.33. The summed E-state index contributed by atoms with van der Waals surface area (Å²) in [6.45, 7) is 3.66. The van der Waals surface area contributed by atoms with Crippen molar-refractivity contribution in [2.24, 2.45) is 0 Å². The number of benzene rings is 2. The van der Waals surface area contributed by atoms with Gasteiger partial charge in [-0.2, -0.15) is 0 Å². The maximum atomic E-state index is 13.7. The predicted molar refractivity (Wildman–Crippen MR) is 74.1 cm³/mol. The molecular weight excluding hydrogens is 259 g/mol. The van der Waals surface area contributed by atoms with Gasteiger partial charge in [-0.1, -0.05) is 18.2 Å². The predicted octanol–water partition coefficient (Wildman–Crippen LogP) is 4.22. The molecule has 3 nitrogen and oxygen atoms in total. The number of ketones is 1. The Morgan fingerprint density at radius 2 is 1.70 bits per heavy atom. The molecule has 0 aliphatic heterocycles. The van der Waals surface area contributed by atoms with Crippen molar-refractivity contribution in [3.63, 3.8) is 0 Å². The lowest BCUT2D eigenvalue weighted by Crippen LogP contribution is -2.02. The van der Waals surface area contributed by atoms with Gasteiger partial charge in [-0.25, -0.2) is 4.39 Å². The molecule has 4 heteroatoms. The maximum Gasteiger partial charge on any atom is 0.169 e. The Morgan fingerprint density at radius 3 is 2.35 bits per heavy atom. The summed E-state index contributed by atoms with van der Waals surface area (Å²) in [5.41, 5.74) is -0.0567. The van der Waals surface area contributed by atoms with Crippen LogP contribution in [0, 0.1) is 5.82 Å². The van der Waals surface area contributed by atoms with Gasteiger partial charge in [-0.15, -0.1) is 0 Å². The van der Waals surface area contributed by atoms with Crippen LogP contribution in [0.25, 0.3) is 0 Å². The monoisotopic (exact) mass is 274 g/mol. The fourth-order valence-electron chi connectivity index (χ4n) is 1.86. The minimum absolute atomic E-state index is 0.0567. The Morgan fingerprint density at radius 1 is 1.05 bits per heavy atom. The summed E-state index contributed by atoms with van der Waals surface area (Å²) in [6.07, 6.45) is 0. The highest BCUT2D eigenvalue weighted by molar-refractivity contribution is 5.97. The molecule has 0 aliphatic carbocycles. The van der Waals surface area contributed by atoms with E-state index < -0.39 is 5.82 Å². The van der Waals surface area contributed by atoms with Crippen LogP contribution in [0.1, 0.15) is 24.2 Å². The van der Waals surface area contributed by atoms with Gasteiger partial charge in [-0.3, -0.25) is 4.79 Å². The number of para-hydroxylation sites is 2. The number of ether oxygens (including phenoxy) is 2. The van der Waals surface area contributed by atoms with E-state index in [-0.39, 0.29) is 17.1 Å². The van der Waals surface area contributed by atoms with Gasteiger partial charge in [-0.05, 0) is 38.1 Å². The van der Waals surface area contributed by atoms with E-state index in [0.29, 0.717) is 18.1 Å². The molecule has 0 saturated heterocycles. The second-order valence-corrected chi connectivity index (χ2v) is 4.15. The van der Waals surface area contributed by atoms with Crippen molar-refractivity contribution in [1.29, 1.82) is 0 Å².